The molecule has 0 bridgehead atoms. The molecule has 1 atom stereocenters. The zero-order chi connectivity index (χ0) is 18.3. The van der Waals surface area contributed by atoms with Gasteiger partial charge < -0.3 is 10.1 Å². The van der Waals surface area contributed by atoms with Crippen molar-refractivity contribution in [3.63, 3.8) is 0 Å². The Morgan fingerprint density at radius 3 is 2.04 bits per heavy atom. The van der Waals surface area contributed by atoms with Crippen LogP contribution in [0.15, 0.2) is 24.3 Å². The average Bonchev–Trinajstić information content (AvgIpc) is 2.63. The van der Waals surface area contributed by atoms with Crippen molar-refractivity contribution in [1.29, 1.82) is 0 Å². The van der Waals surface area contributed by atoms with Crippen molar-refractivity contribution in [2.45, 2.75) is 91.0 Å². The second-order valence-electron chi connectivity index (χ2n) is 6.98. The maximum Gasteiger partial charge on any atom is 0.251 e. The second-order valence-corrected chi connectivity index (χ2v) is 6.98. The van der Waals surface area contributed by atoms with Gasteiger partial charge in [-0.25, -0.2) is 0 Å². The molecular formula is C22H37NO2. The minimum Gasteiger partial charge on any atom is -0.494 e. The summed E-state index contributed by atoms with van der Waals surface area (Å²) in [6.07, 6.45) is 12.8. The molecule has 0 heterocycles. The van der Waals surface area contributed by atoms with Crippen LogP contribution in [-0.4, -0.2) is 18.6 Å². The third-order valence-electron chi connectivity index (χ3n) is 4.62. The third kappa shape index (κ3) is 10.2. The van der Waals surface area contributed by atoms with Crippen molar-refractivity contribution in [3.05, 3.63) is 29.8 Å². The Kier molecular flexibility index (Phi) is 11.8. The molecule has 3 nitrogen and oxygen atoms in total. The Morgan fingerprint density at radius 2 is 1.48 bits per heavy atom. The molecule has 0 aliphatic rings. The van der Waals surface area contributed by atoms with Gasteiger partial charge in [0, 0.05) is 11.6 Å². The van der Waals surface area contributed by atoms with Gasteiger partial charge in [0.2, 0.25) is 0 Å². The normalized spacial score (nSPS) is 12.0. The van der Waals surface area contributed by atoms with Crippen molar-refractivity contribution < 1.29 is 9.53 Å². The lowest BCUT2D eigenvalue weighted by atomic mass is 10.1. The summed E-state index contributed by atoms with van der Waals surface area (Å²) in [5.74, 6) is 0.833. The fourth-order valence-corrected chi connectivity index (χ4v) is 2.71. The zero-order valence-corrected chi connectivity index (χ0v) is 16.5. The number of benzene rings is 1. The molecule has 0 aromatic heterocycles. The topological polar surface area (TPSA) is 38.3 Å². The van der Waals surface area contributed by atoms with Gasteiger partial charge in [0.1, 0.15) is 5.75 Å². The van der Waals surface area contributed by atoms with Gasteiger partial charge in [-0.3, -0.25) is 4.79 Å². The SMILES string of the molecule is CCCCCCCCCCCOc1ccc(C(=O)NC(C)CC)cc1. The Bertz CT molecular complexity index is 456. The molecular weight excluding hydrogens is 310 g/mol. The van der Waals surface area contributed by atoms with Crippen LogP contribution in [0.4, 0.5) is 0 Å². The van der Waals surface area contributed by atoms with E-state index in [0.29, 0.717) is 5.56 Å². The average molecular weight is 348 g/mol. The van der Waals surface area contributed by atoms with Crippen LogP contribution in [0.2, 0.25) is 0 Å². The summed E-state index contributed by atoms with van der Waals surface area (Å²) in [6, 6.07) is 7.65. The summed E-state index contributed by atoms with van der Waals surface area (Å²) < 4.78 is 5.77. The number of amides is 1. The molecule has 0 saturated heterocycles. The van der Waals surface area contributed by atoms with Crippen LogP contribution >= 0.6 is 0 Å². The van der Waals surface area contributed by atoms with E-state index in [0.717, 1.165) is 25.2 Å². The second kappa shape index (κ2) is 13.7. The van der Waals surface area contributed by atoms with E-state index in [9.17, 15) is 4.79 Å². The molecule has 1 amide bonds. The number of carbonyl (C=O) groups is 1. The summed E-state index contributed by atoms with van der Waals surface area (Å²) in [5.41, 5.74) is 0.690. The highest BCUT2D eigenvalue weighted by atomic mass is 16.5. The molecule has 1 N–H and O–H groups in total. The molecule has 0 saturated carbocycles. The first kappa shape index (κ1) is 21.5. The van der Waals surface area contributed by atoms with E-state index in [1.54, 1.807) is 0 Å². The molecule has 1 rings (SSSR count). The predicted octanol–water partition coefficient (Wildman–Crippen LogP) is 6.12. The van der Waals surface area contributed by atoms with E-state index in [-0.39, 0.29) is 11.9 Å². The van der Waals surface area contributed by atoms with Gasteiger partial charge >= 0.3 is 0 Å². The maximum atomic E-state index is 12.0. The molecule has 1 aromatic rings. The van der Waals surface area contributed by atoms with Crippen LogP contribution < -0.4 is 10.1 Å². The van der Waals surface area contributed by atoms with Crippen molar-refractivity contribution in [1.82, 2.24) is 5.32 Å². The number of unbranched alkanes of at least 4 members (excludes halogenated alkanes) is 8. The van der Waals surface area contributed by atoms with Crippen molar-refractivity contribution in [2.24, 2.45) is 0 Å². The lowest BCUT2D eigenvalue weighted by Crippen LogP contribution is -2.31. The summed E-state index contributed by atoms with van der Waals surface area (Å²) >= 11 is 0. The van der Waals surface area contributed by atoms with Crippen molar-refractivity contribution in [2.75, 3.05) is 6.61 Å². The third-order valence-corrected chi connectivity index (χ3v) is 4.62. The standard InChI is InChI=1S/C22H37NO2/c1-4-6-7-8-9-10-11-12-13-18-25-21-16-14-20(15-17-21)22(24)23-19(3)5-2/h14-17,19H,4-13,18H2,1-3H3,(H,23,24). The van der Waals surface area contributed by atoms with Crippen LogP contribution in [0.25, 0.3) is 0 Å². The highest BCUT2D eigenvalue weighted by molar-refractivity contribution is 5.94. The van der Waals surface area contributed by atoms with Gasteiger partial charge in [-0.2, -0.15) is 0 Å². The highest BCUT2D eigenvalue weighted by Gasteiger charge is 2.08. The molecule has 0 aliphatic heterocycles. The quantitative estimate of drug-likeness (QED) is 0.411. The number of carbonyl (C=O) groups excluding carboxylic acids is 1. The Balaban J connectivity index is 2.10. The fraction of sp³-hybridized carbons (Fsp3) is 0.682. The van der Waals surface area contributed by atoms with E-state index >= 15 is 0 Å². The van der Waals surface area contributed by atoms with Crippen LogP contribution in [-0.2, 0) is 0 Å². The van der Waals surface area contributed by atoms with Crippen molar-refractivity contribution in [3.8, 4) is 5.75 Å². The molecule has 0 fully saturated rings. The zero-order valence-electron chi connectivity index (χ0n) is 16.5. The lowest BCUT2D eigenvalue weighted by molar-refractivity contribution is 0.0939. The number of ether oxygens (including phenoxy) is 1. The van der Waals surface area contributed by atoms with Crippen molar-refractivity contribution >= 4 is 5.91 Å². The maximum absolute atomic E-state index is 12.0. The summed E-state index contributed by atoms with van der Waals surface area (Å²) in [6.45, 7) is 7.10. The molecule has 0 spiro atoms. The van der Waals surface area contributed by atoms with Gasteiger partial charge in [-0.05, 0) is 44.0 Å². The van der Waals surface area contributed by atoms with E-state index in [1.807, 2.05) is 31.2 Å². The summed E-state index contributed by atoms with van der Waals surface area (Å²) in [7, 11) is 0. The fourth-order valence-electron chi connectivity index (χ4n) is 2.71. The highest BCUT2D eigenvalue weighted by Crippen LogP contribution is 2.14. The minimum absolute atomic E-state index is 0.0140. The molecule has 0 radical (unpaired) electrons. The lowest BCUT2D eigenvalue weighted by Gasteiger charge is -2.12. The van der Waals surface area contributed by atoms with Gasteiger partial charge in [-0.1, -0.05) is 65.2 Å². The molecule has 1 aromatic carbocycles. The number of hydrogen-bond donors (Lipinski definition) is 1. The van der Waals surface area contributed by atoms with E-state index < -0.39 is 0 Å². The number of rotatable bonds is 14. The largest absolute Gasteiger partial charge is 0.494 e. The van der Waals surface area contributed by atoms with Crippen LogP contribution in [0.1, 0.15) is 95.3 Å². The van der Waals surface area contributed by atoms with Crippen LogP contribution in [0.5, 0.6) is 5.75 Å². The van der Waals surface area contributed by atoms with Gasteiger partial charge in [0.25, 0.3) is 5.91 Å². The van der Waals surface area contributed by atoms with Crippen LogP contribution in [0, 0.1) is 0 Å². The van der Waals surface area contributed by atoms with E-state index in [2.05, 4.69) is 19.2 Å². The molecule has 25 heavy (non-hydrogen) atoms. The van der Waals surface area contributed by atoms with Gasteiger partial charge in [0.05, 0.1) is 6.61 Å². The Hall–Kier alpha value is -1.51. The number of nitrogens with one attached hydrogen (secondary N) is 1. The Morgan fingerprint density at radius 1 is 0.920 bits per heavy atom. The predicted molar refractivity (Wildman–Crippen MR) is 106 cm³/mol. The first-order chi connectivity index (χ1) is 12.2. The van der Waals surface area contributed by atoms with Gasteiger partial charge in [-0.15, -0.1) is 0 Å². The molecule has 0 aliphatic carbocycles. The first-order valence-corrected chi connectivity index (χ1v) is 10.2. The summed E-state index contributed by atoms with van der Waals surface area (Å²) in [5, 5.41) is 2.97. The summed E-state index contributed by atoms with van der Waals surface area (Å²) in [4.78, 5) is 12.0. The molecule has 1 unspecified atom stereocenters. The molecule has 3 heteroatoms. The van der Waals surface area contributed by atoms with E-state index in [1.165, 1.54) is 51.4 Å². The minimum atomic E-state index is -0.0140. The smallest absolute Gasteiger partial charge is 0.251 e. The monoisotopic (exact) mass is 347 g/mol. The van der Waals surface area contributed by atoms with E-state index in [4.69, 9.17) is 4.74 Å². The van der Waals surface area contributed by atoms with Gasteiger partial charge in [0.15, 0.2) is 0 Å². The molecule has 142 valence electrons. The first-order valence-electron chi connectivity index (χ1n) is 10.2. The number of hydrogen-bond acceptors (Lipinski definition) is 2. The Labute approximate surface area is 154 Å². The van der Waals surface area contributed by atoms with Crippen LogP contribution in [0.3, 0.4) is 0 Å².